The molecule has 0 aliphatic heterocycles. The molecule has 4 rings (SSSR count). The fourth-order valence-electron chi connectivity index (χ4n) is 3.19. The van der Waals surface area contributed by atoms with Crippen LogP contribution in [0.5, 0.6) is 0 Å². The topological polar surface area (TPSA) is 89.8 Å². The summed E-state index contributed by atoms with van der Waals surface area (Å²) in [6, 6.07) is 14.5. The highest BCUT2D eigenvalue weighted by Crippen LogP contribution is 2.17. The van der Waals surface area contributed by atoms with Gasteiger partial charge in [-0.2, -0.15) is 5.10 Å². The Bertz CT molecular complexity index is 1260. The molecule has 30 heavy (non-hydrogen) atoms. The molecule has 3 heterocycles. The average Bonchev–Trinajstić information content (AvgIpc) is 2.80. The van der Waals surface area contributed by atoms with E-state index in [1.807, 2.05) is 36.6 Å². The Labute approximate surface area is 177 Å². The number of fused-ring (bicyclic) bond motifs is 1. The van der Waals surface area contributed by atoms with Crippen molar-refractivity contribution in [1.29, 1.82) is 0 Å². The van der Waals surface area contributed by atoms with Crippen LogP contribution in [0.1, 0.15) is 21.6 Å². The van der Waals surface area contributed by atoms with E-state index in [2.05, 4.69) is 20.4 Å². The molecule has 0 atom stereocenters. The van der Waals surface area contributed by atoms with Gasteiger partial charge in [-0.1, -0.05) is 24.3 Å². The standard InChI is InChI=1S/C22H19N5O2S/c1-30-21-18(9-5-11-24-21)20(28)25-13-19-16-7-2-3-8-17(16)22(29)27(26-19)14-15-6-4-10-23-12-15/h2-12H,13-14H2,1H3,(H,25,28). The zero-order chi connectivity index (χ0) is 20.9. The molecule has 0 aliphatic rings. The third kappa shape index (κ3) is 4.08. The number of nitrogens with zero attached hydrogens (tertiary/aromatic N) is 4. The van der Waals surface area contributed by atoms with E-state index >= 15 is 0 Å². The lowest BCUT2D eigenvalue weighted by Crippen LogP contribution is -2.29. The minimum atomic E-state index is -0.233. The molecule has 1 N–H and O–H groups in total. The van der Waals surface area contributed by atoms with Crippen molar-refractivity contribution in [1.82, 2.24) is 25.1 Å². The van der Waals surface area contributed by atoms with E-state index < -0.39 is 0 Å². The summed E-state index contributed by atoms with van der Waals surface area (Å²) >= 11 is 1.41. The molecule has 4 aromatic rings. The maximum Gasteiger partial charge on any atom is 0.274 e. The molecule has 3 aromatic heterocycles. The van der Waals surface area contributed by atoms with Gasteiger partial charge in [0.15, 0.2) is 0 Å². The van der Waals surface area contributed by atoms with E-state index in [1.54, 1.807) is 36.8 Å². The summed E-state index contributed by atoms with van der Waals surface area (Å²) in [6.07, 6.45) is 6.92. The van der Waals surface area contributed by atoms with Crippen LogP contribution >= 0.6 is 11.8 Å². The van der Waals surface area contributed by atoms with Crippen LogP contribution in [0.3, 0.4) is 0 Å². The highest BCUT2D eigenvalue weighted by atomic mass is 32.2. The van der Waals surface area contributed by atoms with Gasteiger partial charge in [0.25, 0.3) is 11.5 Å². The summed E-state index contributed by atoms with van der Waals surface area (Å²) < 4.78 is 1.41. The summed E-state index contributed by atoms with van der Waals surface area (Å²) in [4.78, 5) is 33.9. The summed E-state index contributed by atoms with van der Waals surface area (Å²) in [6.45, 7) is 0.493. The number of hydrogen-bond donors (Lipinski definition) is 1. The zero-order valence-corrected chi connectivity index (χ0v) is 17.1. The fourth-order valence-corrected chi connectivity index (χ4v) is 3.74. The minimum Gasteiger partial charge on any atom is -0.346 e. The Hall–Kier alpha value is -3.52. The third-order valence-corrected chi connectivity index (χ3v) is 5.34. The molecule has 1 aromatic carbocycles. The van der Waals surface area contributed by atoms with Gasteiger partial charge in [-0.05, 0) is 36.1 Å². The van der Waals surface area contributed by atoms with Crippen LogP contribution in [-0.2, 0) is 13.1 Å². The number of nitrogens with one attached hydrogen (secondary N) is 1. The normalized spacial score (nSPS) is 10.8. The van der Waals surface area contributed by atoms with Crippen molar-refractivity contribution in [2.24, 2.45) is 0 Å². The lowest BCUT2D eigenvalue weighted by Gasteiger charge is -2.12. The average molecular weight is 417 g/mol. The van der Waals surface area contributed by atoms with Crippen LogP contribution in [0.15, 0.2) is 76.9 Å². The number of benzene rings is 1. The van der Waals surface area contributed by atoms with Gasteiger partial charge in [0.2, 0.25) is 0 Å². The van der Waals surface area contributed by atoms with E-state index in [9.17, 15) is 9.59 Å². The fraction of sp³-hybridized carbons (Fsp3) is 0.136. The molecule has 0 radical (unpaired) electrons. The molecule has 0 bridgehead atoms. The van der Waals surface area contributed by atoms with Crippen molar-refractivity contribution < 1.29 is 4.79 Å². The Morgan fingerprint density at radius 1 is 1.07 bits per heavy atom. The van der Waals surface area contributed by atoms with Crippen molar-refractivity contribution in [3.05, 3.63) is 94.3 Å². The number of rotatable bonds is 6. The molecule has 150 valence electrons. The van der Waals surface area contributed by atoms with Crippen molar-refractivity contribution in [3.63, 3.8) is 0 Å². The molecule has 0 aliphatic carbocycles. The van der Waals surface area contributed by atoms with Crippen molar-refractivity contribution in [2.75, 3.05) is 6.26 Å². The van der Waals surface area contributed by atoms with Crippen LogP contribution in [0, 0.1) is 0 Å². The second-order valence-electron chi connectivity index (χ2n) is 6.56. The molecule has 0 unspecified atom stereocenters. The highest BCUT2D eigenvalue weighted by Gasteiger charge is 2.14. The second kappa shape index (κ2) is 8.87. The molecular weight excluding hydrogens is 398 g/mol. The minimum absolute atomic E-state index is 0.179. The van der Waals surface area contributed by atoms with Crippen LogP contribution in [-0.4, -0.2) is 31.9 Å². The highest BCUT2D eigenvalue weighted by molar-refractivity contribution is 7.98. The third-order valence-electron chi connectivity index (χ3n) is 4.62. The number of amides is 1. The van der Waals surface area contributed by atoms with Gasteiger partial charge in [-0.3, -0.25) is 14.6 Å². The molecule has 0 saturated carbocycles. The summed E-state index contributed by atoms with van der Waals surface area (Å²) in [5, 5.41) is 9.40. The van der Waals surface area contributed by atoms with Crippen LogP contribution in [0.25, 0.3) is 10.8 Å². The van der Waals surface area contributed by atoms with Gasteiger partial charge in [-0.15, -0.1) is 11.8 Å². The smallest absolute Gasteiger partial charge is 0.274 e. The van der Waals surface area contributed by atoms with E-state index in [0.717, 1.165) is 10.9 Å². The van der Waals surface area contributed by atoms with E-state index in [4.69, 9.17) is 0 Å². The first-order valence-corrected chi connectivity index (χ1v) is 10.5. The molecule has 1 amide bonds. The number of pyridine rings is 2. The quantitative estimate of drug-likeness (QED) is 0.485. The van der Waals surface area contributed by atoms with Gasteiger partial charge in [0.05, 0.1) is 29.7 Å². The first-order valence-electron chi connectivity index (χ1n) is 9.32. The molecule has 0 spiro atoms. The maximum absolute atomic E-state index is 12.9. The summed E-state index contributed by atoms with van der Waals surface area (Å²) in [5.41, 5.74) is 1.83. The zero-order valence-electron chi connectivity index (χ0n) is 16.3. The monoisotopic (exact) mass is 417 g/mol. The molecular formula is C22H19N5O2S. The lowest BCUT2D eigenvalue weighted by atomic mass is 10.1. The van der Waals surface area contributed by atoms with Crippen molar-refractivity contribution in [3.8, 4) is 0 Å². The predicted molar refractivity (Wildman–Crippen MR) is 117 cm³/mol. The van der Waals surface area contributed by atoms with E-state index in [-0.39, 0.29) is 18.0 Å². The Morgan fingerprint density at radius 2 is 1.87 bits per heavy atom. The van der Waals surface area contributed by atoms with Crippen molar-refractivity contribution >= 4 is 28.4 Å². The number of aromatic nitrogens is 4. The number of thioether (sulfide) groups is 1. The van der Waals surface area contributed by atoms with Gasteiger partial charge in [0, 0.05) is 24.0 Å². The summed E-state index contributed by atoms with van der Waals surface area (Å²) in [7, 11) is 0. The molecule has 7 nitrogen and oxygen atoms in total. The molecule has 8 heteroatoms. The number of carbonyl (C=O) groups is 1. The van der Waals surface area contributed by atoms with E-state index in [1.165, 1.54) is 16.4 Å². The van der Waals surface area contributed by atoms with Gasteiger partial charge < -0.3 is 5.32 Å². The van der Waals surface area contributed by atoms with Crippen molar-refractivity contribution in [2.45, 2.75) is 18.1 Å². The summed E-state index contributed by atoms with van der Waals surface area (Å²) in [5.74, 6) is -0.233. The first kappa shape index (κ1) is 19.8. The maximum atomic E-state index is 12.9. The van der Waals surface area contributed by atoms with Gasteiger partial charge in [0.1, 0.15) is 5.03 Å². The molecule has 0 saturated heterocycles. The number of carbonyl (C=O) groups excluding carboxylic acids is 1. The number of hydrogen-bond acceptors (Lipinski definition) is 6. The first-order chi connectivity index (χ1) is 14.7. The Kier molecular flexibility index (Phi) is 5.85. The van der Waals surface area contributed by atoms with Crippen LogP contribution in [0.2, 0.25) is 0 Å². The largest absolute Gasteiger partial charge is 0.346 e. The second-order valence-corrected chi connectivity index (χ2v) is 7.35. The SMILES string of the molecule is CSc1ncccc1C(=O)NCc1nn(Cc2cccnc2)c(=O)c2ccccc12. The lowest BCUT2D eigenvalue weighted by molar-refractivity contribution is 0.0946. The Morgan fingerprint density at radius 3 is 2.63 bits per heavy atom. The Balaban J connectivity index is 1.67. The molecule has 0 fully saturated rings. The van der Waals surface area contributed by atoms with E-state index in [0.29, 0.717) is 28.2 Å². The van der Waals surface area contributed by atoms with Crippen LogP contribution in [0.4, 0.5) is 0 Å². The predicted octanol–water partition coefficient (Wildman–Crippen LogP) is 2.89. The van der Waals surface area contributed by atoms with Gasteiger partial charge >= 0.3 is 0 Å². The van der Waals surface area contributed by atoms with Crippen LogP contribution < -0.4 is 10.9 Å². The van der Waals surface area contributed by atoms with Gasteiger partial charge in [-0.25, -0.2) is 9.67 Å².